The van der Waals surface area contributed by atoms with Crippen molar-refractivity contribution in [2.45, 2.75) is 24.3 Å². The predicted molar refractivity (Wildman–Crippen MR) is 87.1 cm³/mol. The zero-order chi connectivity index (χ0) is 17.4. The van der Waals surface area contributed by atoms with E-state index in [1.54, 1.807) is 62.3 Å². The van der Waals surface area contributed by atoms with E-state index in [1.807, 2.05) is 0 Å². The van der Waals surface area contributed by atoms with Crippen LogP contribution in [0, 0.1) is 5.92 Å². The van der Waals surface area contributed by atoms with Crippen molar-refractivity contribution in [3.63, 3.8) is 0 Å². The van der Waals surface area contributed by atoms with E-state index in [0.717, 1.165) is 0 Å². The first-order valence-corrected chi connectivity index (χ1v) is 7.37. The Labute approximate surface area is 135 Å². The van der Waals surface area contributed by atoms with Crippen molar-refractivity contribution >= 4 is 17.6 Å². The van der Waals surface area contributed by atoms with E-state index in [1.165, 1.54) is 0 Å². The van der Waals surface area contributed by atoms with E-state index in [9.17, 15) is 19.8 Å². The van der Waals surface area contributed by atoms with Gasteiger partial charge in [0.15, 0.2) is 0 Å². The second kappa shape index (κ2) is 5.70. The highest BCUT2D eigenvalue weighted by molar-refractivity contribution is 5.89. The molecule has 0 heterocycles. The lowest BCUT2D eigenvalue weighted by Crippen LogP contribution is -2.64. The van der Waals surface area contributed by atoms with Gasteiger partial charge >= 0.3 is 11.9 Å². The van der Waals surface area contributed by atoms with Gasteiger partial charge in [-0.2, -0.15) is 0 Å². The van der Waals surface area contributed by atoms with Gasteiger partial charge in [0.25, 0.3) is 0 Å². The standard InChI is InChI=1S/C17H22N2O4/c1-11-16(14(20)21,12-6-4-7-13(18)10-12)8-5-9-17(11,15(22)23)19(2)3/h4-8,10-11H,9,18H2,1-3H3,(H,20,21)(H,22,23)/t11?,16-,17?/m0/s1. The summed E-state index contributed by atoms with van der Waals surface area (Å²) in [5.74, 6) is -2.82. The molecule has 1 aromatic carbocycles. The number of aliphatic carboxylic acids is 2. The number of carboxylic acid groups (broad SMARTS) is 2. The molecule has 0 radical (unpaired) electrons. The van der Waals surface area contributed by atoms with Gasteiger partial charge in [-0.15, -0.1) is 0 Å². The molecule has 0 amide bonds. The average Bonchev–Trinajstić information content (AvgIpc) is 2.46. The van der Waals surface area contributed by atoms with Crippen molar-refractivity contribution in [1.29, 1.82) is 0 Å². The largest absolute Gasteiger partial charge is 0.480 e. The molecule has 0 aliphatic heterocycles. The number of nitrogens with zero attached hydrogens (tertiary/aromatic N) is 1. The van der Waals surface area contributed by atoms with E-state index in [4.69, 9.17) is 5.73 Å². The summed E-state index contributed by atoms with van der Waals surface area (Å²) in [5.41, 5.74) is 3.99. The molecule has 4 N–H and O–H groups in total. The lowest BCUT2D eigenvalue weighted by atomic mass is 9.58. The van der Waals surface area contributed by atoms with Crippen molar-refractivity contribution in [2.24, 2.45) is 5.92 Å². The number of rotatable bonds is 4. The van der Waals surface area contributed by atoms with Crippen LogP contribution in [-0.4, -0.2) is 46.7 Å². The minimum atomic E-state index is -1.45. The van der Waals surface area contributed by atoms with E-state index >= 15 is 0 Å². The molecule has 2 unspecified atom stereocenters. The van der Waals surface area contributed by atoms with E-state index in [2.05, 4.69) is 0 Å². The van der Waals surface area contributed by atoms with Crippen molar-refractivity contribution in [3.05, 3.63) is 42.0 Å². The van der Waals surface area contributed by atoms with Gasteiger partial charge in [0.1, 0.15) is 11.0 Å². The van der Waals surface area contributed by atoms with Crippen LogP contribution in [0.15, 0.2) is 36.4 Å². The van der Waals surface area contributed by atoms with Gasteiger partial charge in [0.2, 0.25) is 0 Å². The Balaban J connectivity index is 2.74. The molecule has 124 valence electrons. The van der Waals surface area contributed by atoms with Crippen LogP contribution < -0.4 is 5.73 Å². The highest BCUT2D eigenvalue weighted by Gasteiger charge is 2.59. The summed E-state index contributed by atoms with van der Waals surface area (Å²) in [6.07, 6.45) is 3.48. The molecule has 3 atom stereocenters. The van der Waals surface area contributed by atoms with Crippen molar-refractivity contribution in [3.8, 4) is 0 Å². The first-order valence-electron chi connectivity index (χ1n) is 7.37. The third-order valence-electron chi connectivity index (χ3n) is 5.10. The summed E-state index contributed by atoms with van der Waals surface area (Å²) < 4.78 is 0. The number of benzene rings is 1. The molecule has 0 bridgehead atoms. The first kappa shape index (κ1) is 17.0. The Hall–Kier alpha value is -2.34. The van der Waals surface area contributed by atoms with Crippen LogP contribution in [0.2, 0.25) is 0 Å². The van der Waals surface area contributed by atoms with Gasteiger partial charge < -0.3 is 15.9 Å². The van der Waals surface area contributed by atoms with Crippen LogP contribution in [0.1, 0.15) is 18.9 Å². The van der Waals surface area contributed by atoms with Gasteiger partial charge in [-0.3, -0.25) is 14.5 Å². The lowest BCUT2D eigenvalue weighted by Gasteiger charge is -2.49. The minimum Gasteiger partial charge on any atom is -0.480 e. The topological polar surface area (TPSA) is 104 Å². The normalized spacial score (nSPS) is 30.3. The second-order valence-corrected chi connectivity index (χ2v) is 6.25. The van der Waals surface area contributed by atoms with E-state index in [0.29, 0.717) is 11.3 Å². The third-order valence-corrected chi connectivity index (χ3v) is 5.10. The Morgan fingerprint density at radius 2 is 1.91 bits per heavy atom. The van der Waals surface area contributed by atoms with Crippen LogP contribution in [-0.2, 0) is 15.0 Å². The molecule has 0 aromatic heterocycles. The minimum absolute atomic E-state index is 0.244. The zero-order valence-corrected chi connectivity index (χ0v) is 13.5. The maximum absolute atomic E-state index is 12.2. The number of carboxylic acids is 2. The van der Waals surface area contributed by atoms with Gasteiger partial charge in [0.05, 0.1) is 0 Å². The highest BCUT2D eigenvalue weighted by Crippen LogP contribution is 2.47. The molecule has 1 aliphatic rings. The van der Waals surface area contributed by atoms with Crippen LogP contribution in [0.4, 0.5) is 5.69 Å². The molecule has 1 aliphatic carbocycles. The summed E-state index contributed by atoms with van der Waals surface area (Å²) in [6.45, 7) is 1.68. The maximum Gasteiger partial charge on any atom is 0.324 e. The lowest BCUT2D eigenvalue weighted by molar-refractivity contribution is -0.159. The Morgan fingerprint density at radius 1 is 1.26 bits per heavy atom. The monoisotopic (exact) mass is 318 g/mol. The van der Waals surface area contributed by atoms with Crippen molar-refractivity contribution in [2.75, 3.05) is 19.8 Å². The number of nitrogens with two attached hydrogens (primary N) is 1. The smallest absolute Gasteiger partial charge is 0.324 e. The Morgan fingerprint density at radius 3 is 2.39 bits per heavy atom. The Bertz CT molecular complexity index is 670. The van der Waals surface area contributed by atoms with Crippen LogP contribution in [0.25, 0.3) is 0 Å². The zero-order valence-electron chi connectivity index (χ0n) is 13.5. The summed E-state index contributed by atoms with van der Waals surface area (Å²) in [6, 6.07) is 6.64. The molecular formula is C17H22N2O4. The molecule has 1 aromatic rings. The quantitative estimate of drug-likeness (QED) is 0.575. The number of hydrogen-bond acceptors (Lipinski definition) is 4. The fourth-order valence-electron chi connectivity index (χ4n) is 3.68. The number of carbonyl (C=O) groups is 2. The second-order valence-electron chi connectivity index (χ2n) is 6.25. The van der Waals surface area contributed by atoms with Gasteiger partial charge in [-0.05, 0) is 38.2 Å². The maximum atomic E-state index is 12.2. The average molecular weight is 318 g/mol. The molecule has 6 nitrogen and oxygen atoms in total. The number of hydrogen-bond donors (Lipinski definition) is 3. The predicted octanol–water partition coefficient (Wildman–Crippen LogP) is 1.57. The molecule has 0 fully saturated rings. The van der Waals surface area contributed by atoms with Crippen LogP contribution in [0.5, 0.6) is 0 Å². The molecule has 2 rings (SSSR count). The van der Waals surface area contributed by atoms with Crippen LogP contribution in [0.3, 0.4) is 0 Å². The summed E-state index contributed by atoms with van der Waals surface area (Å²) in [5, 5.41) is 19.8. The SMILES string of the molecule is CC1C(C(=O)O)(N(C)C)CC=C[C@@]1(C(=O)O)c1cccc(N)c1. The summed E-state index contributed by atoms with van der Waals surface area (Å²) >= 11 is 0. The fraction of sp³-hybridized carbons (Fsp3) is 0.412. The van der Waals surface area contributed by atoms with Crippen molar-refractivity contribution in [1.82, 2.24) is 4.90 Å². The molecule has 0 saturated carbocycles. The highest BCUT2D eigenvalue weighted by atomic mass is 16.4. The summed E-state index contributed by atoms with van der Waals surface area (Å²) in [7, 11) is 3.32. The van der Waals surface area contributed by atoms with Crippen LogP contribution >= 0.6 is 0 Å². The molecule has 23 heavy (non-hydrogen) atoms. The molecule has 0 saturated heterocycles. The van der Waals surface area contributed by atoms with E-state index in [-0.39, 0.29) is 6.42 Å². The molecular weight excluding hydrogens is 296 g/mol. The van der Waals surface area contributed by atoms with Gasteiger partial charge in [-0.25, -0.2) is 0 Å². The summed E-state index contributed by atoms with van der Waals surface area (Å²) in [4.78, 5) is 25.9. The number of anilines is 1. The Kier molecular flexibility index (Phi) is 4.22. The van der Waals surface area contributed by atoms with Gasteiger partial charge in [-0.1, -0.05) is 31.2 Å². The molecule has 6 heteroatoms. The third kappa shape index (κ3) is 2.30. The van der Waals surface area contributed by atoms with E-state index < -0.39 is 28.8 Å². The fourth-order valence-corrected chi connectivity index (χ4v) is 3.68. The number of likely N-dealkylation sites (N-methyl/N-ethyl adjacent to an activating group) is 1. The molecule has 0 spiro atoms. The first-order chi connectivity index (χ1) is 10.7. The van der Waals surface area contributed by atoms with Gasteiger partial charge in [0, 0.05) is 11.6 Å². The number of nitrogen functional groups attached to an aromatic ring is 1. The van der Waals surface area contributed by atoms with Crippen molar-refractivity contribution < 1.29 is 19.8 Å².